The third-order valence-electron chi connectivity index (χ3n) is 2.98. The molecule has 2 rings (SSSR count). The Morgan fingerprint density at radius 1 is 1.11 bits per heavy atom. The predicted octanol–water partition coefficient (Wildman–Crippen LogP) is 5.90. The lowest BCUT2D eigenvalue weighted by atomic mass is 10.0. The molecule has 2 aromatic rings. The summed E-state index contributed by atoms with van der Waals surface area (Å²) in [4.78, 5) is 0.0893. The van der Waals surface area contributed by atoms with E-state index < -0.39 is 0 Å². The van der Waals surface area contributed by atoms with Crippen LogP contribution in [0.2, 0.25) is 5.02 Å². The highest BCUT2D eigenvalue weighted by Gasteiger charge is 2.16. The number of hydrogen-bond acceptors (Lipinski definition) is 1. The number of hydrogen-bond donors (Lipinski definition) is 0. The minimum Gasteiger partial charge on any atom is -0.497 e. The van der Waals surface area contributed by atoms with Crippen LogP contribution >= 0.6 is 43.5 Å². The van der Waals surface area contributed by atoms with Gasteiger partial charge in [0.25, 0.3) is 0 Å². The molecule has 0 saturated heterocycles. The van der Waals surface area contributed by atoms with Crippen molar-refractivity contribution in [2.75, 3.05) is 7.11 Å². The fourth-order valence-electron chi connectivity index (χ4n) is 1.94. The molecule has 0 saturated carbocycles. The van der Waals surface area contributed by atoms with Gasteiger partial charge in [-0.3, -0.25) is 0 Å². The number of halogens is 3. The van der Waals surface area contributed by atoms with Crippen LogP contribution in [0.1, 0.15) is 21.5 Å². The van der Waals surface area contributed by atoms with Crippen LogP contribution in [0.4, 0.5) is 0 Å². The van der Waals surface area contributed by atoms with Gasteiger partial charge in [0, 0.05) is 9.50 Å². The summed E-state index contributed by atoms with van der Waals surface area (Å²) in [6, 6.07) is 11.9. The minimum absolute atomic E-state index is 0.0893. The van der Waals surface area contributed by atoms with Gasteiger partial charge < -0.3 is 4.74 Å². The van der Waals surface area contributed by atoms with Crippen molar-refractivity contribution >= 4 is 43.5 Å². The third kappa shape index (κ3) is 3.33. The molecule has 0 radical (unpaired) electrons. The third-order valence-corrected chi connectivity index (χ3v) is 4.92. The summed E-state index contributed by atoms with van der Waals surface area (Å²) >= 11 is 13.4. The maximum absolute atomic E-state index is 6.07. The van der Waals surface area contributed by atoms with Crippen LogP contribution in [-0.2, 0) is 0 Å². The van der Waals surface area contributed by atoms with Crippen LogP contribution < -0.4 is 4.74 Å². The van der Waals surface area contributed by atoms with E-state index in [1.54, 1.807) is 7.11 Å². The van der Waals surface area contributed by atoms with E-state index in [9.17, 15) is 0 Å². The topological polar surface area (TPSA) is 9.23 Å². The largest absolute Gasteiger partial charge is 0.497 e. The Kier molecular flexibility index (Phi) is 4.93. The van der Waals surface area contributed by atoms with E-state index in [2.05, 4.69) is 44.8 Å². The quantitative estimate of drug-likeness (QED) is 0.579. The van der Waals surface area contributed by atoms with Crippen LogP contribution in [0.5, 0.6) is 5.75 Å². The zero-order chi connectivity index (χ0) is 14.0. The molecule has 0 N–H and O–H groups in total. The van der Waals surface area contributed by atoms with Gasteiger partial charge in [0.1, 0.15) is 5.75 Å². The van der Waals surface area contributed by atoms with E-state index in [0.29, 0.717) is 0 Å². The lowest BCUT2D eigenvalue weighted by molar-refractivity contribution is 0.414. The van der Waals surface area contributed by atoms with E-state index in [1.807, 2.05) is 30.3 Å². The van der Waals surface area contributed by atoms with Crippen molar-refractivity contribution < 1.29 is 4.74 Å². The van der Waals surface area contributed by atoms with E-state index in [0.717, 1.165) is 20.8 Å². The smallest absolute Gasteiger partial charge is 0.119 e. The maximum atomic E-state index is 6.07. The normalized spacial score (nSPS) is 12.3. The monoisotopic (exact) mass is 402 g/mol. The van der Waals surface area contributed by atoms with Crippen molar-refractivity contribution in [1.29, 1.82) is 0 Å². The van der Waals surface area contributed by atoms with Crippen molar-refractivity contribution in [2.24, 2.45) is 0 Å². The highest BCUT2D eigenvalue weighted by molar-refractivity contribution is 9.11. The van der Waals surface area contributed by atoms with E-state index in [-0.39, 0.29) is 4.83 Å². The van der Waals surface area contributed by atoms with Crippen LogP contribution in [0.3, 0.4) is 0 Å². The minimum atomic E-state index is 0.0893. The molecule has 1 atom stereocenters. The molecule has 1 nitrogen and oxygen atoms in total. The zero-order valence-electron chi connectivity index (χ0n) is 10.6. The van der Waals surface area contributed by atoms with Crippen LogP contribution in [-0.4, -0.2) is 7.11 Å². The molecule has 1 unspecified atom stereocenters. The highest BCUT2D eigenvalue weighted by atomic mass is 79.9. The van der Waals surface area contributed by atoms with Crippen LogP contribution in [0.25, 0.3) is 0 Å². The Morgan fingerprint density at radius 3 is 2.47 bits per heavy atom. The van der Waals surface area contributed by atoms with Crippen LogP contribution in [0, 0.1) is 6.92 Å². The van der Waals surface area contributed by atoms with Crippen molar-refractivity contribution in [1.82, 2.24) is 0 Å². The number of rotatable bonds is 3. The Bertz CT molecular complexity index is 599. The first-order chi connectivity index (χ1) is 9.02. The maximum Gasteiger partial charge on any atom is 0.119 e. The standard InChI is InChI=1S/C15H13Br2ClO/c1-9-7-11(19-2)4-5-12(9)15(17)13-8-10(18)3-6-14(13)16/h3-8,15H,1-2H3. The Hall–Kier alpha value is -0.510. The second-order valence-electron chi connectivity index (χ2n) is 4.25. The predicted molar refractivity (Wildman–Crippen MR) is 87.7 cm³/mol. The lowest BCUT2D eigenvalue weighted by Crippen LogP contribution is -1.98. The molecule has 100 valence electrons. The van der Waals surface area contributed by atoms with Gasteiger partial charge in [-0.2, -0.15) is 0 Å². The van der Waals surface area contributed by atoms with Gasteiger partial charge in [-0.15, -0.1) is 0 Å². The van der Waals surface area contributed by atoms with Gasteiger partial charge >= 0.3 is 0 Å². The highest BCUT2D eigenvalue weighted by Crippen LogP contribution is 2.38. The van der Waals surface area contributed by atoms with Crippen molar-refractivity contribution in [2.45, 2.75) is 11.8 Å². The summed E-state index contributed by atoms with van der Waals surface area (Å²) in [5.41, 5.74) is 3.48. The van der Waals surface area contributed by atoms with E-state index in [1.165, 1.54) is 11.1 Å². The average Bonchev–Trinajstić information content (AvgIpc) is 2.40. The summed E-state index contributed by atoms with van der Waals surface area (Å²) in [5.74, 6) is 0.867. The molecular formula is C15H13Br2ClO. The summed E-state index contributed by atoms with van der Waals surface area (Å²) in [6.07, 6.45) is 0. The summed E-state index contributed by atoms with van der Waals surface area (Å²) in [5, 5.41) is 0.730. The molecule has 0 fully saturated rings. The first-order valence-corrected chi connectivity index (χ1v) is 7.85. The van der Waals surface area contributed by atoms with Crippen molar-refractivity contribution in [3.63, 3.8) is 0 Å². The molecule has 0 amide bonds. The molecule has 2 aromatic carbocycles. The Balaban J connectivity index is 2.43. The Morgan fingerprint density at radius 2 is 1.84 bits per heavy atom. The molecule has 0 aliphatic rings. The molecule has 0 aromatic heterocycles. The molecule has 0 bridgehead atoms. The number of methoxy groups -OCH3 is 1. The second kappa shape index (κ2) is 6.29. The summed E-state index contributed by atoms with van der Waals surface area (Å²) in [6.45, 7) is 2.07. The first-order valence-electron chi connectivity index (χ1n) is 5.76. The fraction of sp³-hybridized carbons (Fsp3) is 0.200. The SMILES string of the molecule is COc1ccc(C(Br)c2cc(Cl)ccc2Br)c(C)c1. The van der Waals surface area contributed by atoms with Gasteiger partial charge in [-0.1, -0.05) is 49.5 Å². The average molecular weight is 405 g/mol. The van der Waals surface area contributed by atoms with Gasteiger partial charge in [0.05, 0.1) is 11.9 Å². The zero-order valence-corrected chi connectivity index (χ0v) is 14.5. The lowest BCUT2D eigenvalue weighted by Gasteiger charge is -2.16. The summed E-state index contributed by atoms with van der Waals surface area (Å²) in [7, 11) is 1.67. The van der Waals surface area contributed by atoms with Crippen LogP contribution in [0.15, 0.2) is 40.9 Å². The van der Waals surface area contributed by atoms with Crippen molar-refractivity contribution in [3.8, 4) is 5.75 Å². The molecule has 0 aliphatic carbocycles. The number of alkyl halides is 1. The molecule has 19 heavy (non-hydrogen) atoms. The second-order valence-corrected chi connectivity index (χ2v) is 6.46. The van der Waals surface area contributed by atoms with Gasteiger partial charge in [-0.25, -0.2) is 0 Å². The molecule has 4 heteroatoms. The fourth-order valence-corrected chi connectivity index (χ4v) is 3.79. The first kappa shape index (κ1) is 14.9. The van der Waals surface area contributed by atoms with E-state index >= 15 is 0 Å². The van der Waals surface area contributed by atoms with Gasteiger partial charge in [0.15, 0.2) is 0 Å². The van der Waals surface area contributed by atoms with Crippen molar-refractivity contribution in [3.05, 3.63) is 62.6 Å². The van der Waals surface area contributed by atoms with Gasteiger partial charge in [-0.05, 0) is 53.9 Å². The number of ether oxygens (including phenoxy) is 1. The molecule has 0 aliphatic heterocycles. The molecular weight excluding hydrogens is 391 g/mol. The number of benzene rings is 2. The van der Waals surface area contributed by atoms with E-state index in [4.69, 9.17) is 16.3 Å². The number of aryl methyl sites for hydroxylation is 1. The summed E-state index contributed by atoms with van der Waals surface area (Å²) < 4.78 is 6.27. The van der Waals surface area contributed by atoms with Gasteiger partial charge in [0.2, 0.25) is 0 Å². The Labute approximate surface area is 135 Å². The molecule has 0 heterocycles. The molecule has 0 spiro atoms.